The number of rotatable bonds is 3. The molecule has 0 atom stereocenters. The first-order valence-corrected chi connectivity index (χ1v) is 9.70. The van der Waals surface area contributed by atoms with Gasteiger partial charge in [-0.1, -0.05) is 6.07 Å². The van der Waals surface area contributed by atoms with Crippen LogP contribution in [0.5, 0.6) is 0 Å². The van der Waals surface area contributed by atoms with Gasteiger partial charge in [-0.3, -0.25) is 9.88 Å². The van der Waals surface area contributed by atoms with Gasteiger partial charge in [-0.05, 0) is 44.1 Å². The van der Waals surface area contributed by atoms with Crippen LogP contribution in [0.15, 0.2) is 30.5 Å². The number of nitrogen functional groups attached to an aromatic ring is 1. The number of fused-ring (bicyclic) bond motifs is 3. The normalized spacial score (nSPS) is 15.4. The molecule has 1 saturated heterocycles. The number of aryl methyl sites for hydroxylation is 1. The van der Waals surface area contributed by atoms with Crippen LogP contribution in [0.3, 0.4) is 0 Å². The van der Waals surface area contributed by atoms with Crippen molar-refractivity contribution in [2.24, 2.45) is 7.05 Å². The Balaban J connectivity index is 1.68. The first-order valence-electron chi connectivity index (χ1n) is 8.89. The van der Waals surface area contributed by atoms with Gasteiger partial charge in [-0.25, -0.2) is 9.97 Å². The van der Waals surface area contributed by atoms with Gasteiger partial charge in [0.1, 0.15) is 11.3 Å². The van der Waals surface area contributed by atoms with E-state index in [1.807, 2.05) is 24.4 Å². The third-order valence-electron chi connectivity index (χ3n) is 5.08. The van der Waals surface area contributed by atoms with Gasteiger partial charge in [-0.2, -0.15) is 0 Å². The lowest BCUT2D eigenvalue weighted by Crippen LogP contribution is -2.20. The largest absolute Gasteiger partial charge is 0.382 e. The molecule has 0 radical (unpaired) electrons. The van der Waals surface area contributed by atoms with E-state index in [4.69, 9.17) is 10.7 Å². The third kappa shape index (κ3) is 2.47. The predicted molar refractivity (Wildman–Crippen MR) is 106 cm³/mol. The molecule has 26 heavy (non-hydrogen) atoms. The summed E-state index contributed by atoms with van der Waals surface area (Å²) >= 11 is 1.70. The Morgan fingerprint density at radius 1 is 1.19 bits per heavy atom. The van der Waals surface area contributed by atoms with E-state index in [0.29, 0.717) is 5.82 Å². The first kappa shape index (κ1) is 15.7. The van der Waals surface area contributed by atoms with Crippen LogP contribution in [-0.2, 0) is 13.6 Å². The van der Waals surface area contributed by atoms with Gasteiger partial charge in [0.15, 0.2) is 5.82 Å². The number of imidazole rings is 1. The minimum absolute atomic E-state index is 0.501. The molecule has 0 aliphatic carbocycles. The molecule has 1 fully saturated rings. The third-order valence-corrected chi connectivity index (χ3v) is 6.23. The van der Waals surface area contributed by atoms with Gasteiger partial charge < -0.3 is 10.3 Å². The lowest BCUT2D eigenvalue weighted by molar-refractivity contribution is 0.319. The van der Waals surface area contributed by atoms with E-state index in [1.165, 1.54) is 12.8 Å². The summed E-state index contributed by atoms with van der Waals surface area (Å²) in [5, 5.41) is 0. The maximum Gasteiger partial charge on any atom is 0.152 e. The second-order valence-corrected chi connectivity index (χ2v) is 7.86. The molecule has 0 spiro atoms. The van der Waals surface area contributed by atoms with Crippen LogP contribution in [0, 0.1) is 0 Å². The Morgan fingerprint density at radius 3 is 2.81 bits per heavy atom. The monoisotopic (exact) mass is 364 g/mol. The van der Waals surface area contributed by atoms with Gasteiger partial charge in [0.2, 0.25) is 0 Å². The van der Waals surface area contributed by atoms with Gasteiger partial charge in [0.25, 0.3) is 0 Å². The predicted octanol–water partition coefficient (Wildman–Crippen LogP) is 3.42. The molecule has 6 nitrogen and oxygen atoms in total. The molecule has 5 rings (SSSR count). The summed E-state index contributed by atoms with van der Waals surface area (Å²) in [6.07, 6.45) is 4.36. The highest BCUT2D eigenvalue weighted by atomic mass is 32.1. The van der Waals surface area contributed by atoms with Crippen molar-refractivity contribution in [3.8, 4) is 10.6 Å². The fourth-order valence-electron chi connectivity index (χ4n) is 3.72. The van der Waals surface area contributed by atoms with Gasteiger partial charge in [-0.15, -0.1) is 11.3 Å². The van der Waals surface area contributed by atoms with Crippen LogP contribution < -0.4 is 5.73 Å². The Bertz CT molecular complexity index is 1090. The highest BCUT2D eigenvalue weighted by molar-refractivity contribution is 7.23. The Hall–Kier alpha value is -2.51. The molecular formula is C19H20N6S. The number of likely N-dealkylation sites (tertiary alicyclic amines) is 1. The van der Waals surface area contributed by atoms with Crippen LogP contribution in [0.1, 0.15) is 18.7 Å². The molecule has 2 N–H and O–H groups in total. The van der Waals surface area contributed by atoms with E-state index in [0.717, 1.165) is 57.3 Å². The molecule has 1 aliphatic rings. The van der Waals surface area contributed by atoms with Crippen molar-refractivity contribution in [2.45, 2.75) is 19.4 Å². The van der Waals surface area contributed by atoms with Crippen molar-refractivity contribution >= 4 is 38.4 Å². The van der Waals surface area contributed by atoms with E-state index in [-0.39, 0.29) is 0 Å². The maximum atomic E-state index is 6.25. The average Bonchev–Trinajstić information content (AvgIpc) is 3.37. The summed E-state index contributed by atoms with van der Waals surface area (Å²) < 4.78 is 3.31. The van der Waals surface area contributed by atoms with Gasteiger partial charge in [0.05, 0.1) is 32.8 Å². The van der Waals surface area contributed by atoms with Crippen LogP contribution >= 0.6 is 11.3 Å². The van der Waals surface area contributed by atoms with E-state index in [1.54, 1.807) is 11.3 Å². The second-order valence-electron chi connectivity index (χ2n) is 6.80. The smallest absolute Gasteiger partial charge is 0.152 e. The standard InChI is InChI=1S/C19H20N6S/c1-24-15(11-25-8-4-5-9-25)23-16-17(24)18-13(22-19(16)20)10-14(26-18)12-6-2-3-7-21-12/h2-3,6-7,10H,4-5,8-9,11H2,1H3,(H2,20,22). The average molecular weight is 364 g/mol. The van der Waals surface area contributed by atoms with Crippen LogP contribution in [-0.4, -0.2) is 37.5 Å². The number of pyridine rings is 2. The minimum atomic E-state index is 0.501. The summed E-state index contributed by atoms with van der Waals surface area (Å²) in [6.45, 7) is 3.16. The van der Waals surface area contributed by atoms with Crippen molar-refractivity contribution in [1.82, 2.24) is 24.4 Å². The molecule has 5 heterocycles. The topological polar surface area (TPSA) is 72.9 Å². The SMILES string of the molecule is Cn1c(CN2CCCC2)nc2c(N)nc3cc(-c4ccccn4)sc3c21. The van der Waals surface area contributed by atoms with E-state index in [9.17, 15) is 0 Å². The summed E-state index contributed by atoms with van der Waals surface area (Å²) in [5.74, 6) is 1.55. The zero-order valence-electron chi connectivity index (χ0n) is 14.6. The molecule has 0 bridgehead atoms. The molecule has 1 aliphatic heterocycles. The molecule has 0 unspecified atom stereocenters. The van der Waals surface area contributed by atoms with Crippen molar-refractivity contribution in [1.29, 1.82) is 0 Å². The summed E-state index contributed by atoms with van der Waals surface area (Å²) in [5.41, 5.74) is 10.0. The molecule has 4 aromatic rings. The maximum absolute atomic E-state index is 6.25. The first-order chi connectivity index (χ1) is 12.7. The minimum Gasteiger partial charge on any atom is -0.382 e. The van der Waals surface area contributed by atoms with Crippen LogP contribution in [0.4, 0.5) is 5.82 Å². The molecule has 7 heteroatoms. The number of anilines is 1. The van der Waals surface area contributed by atoms with Crippen molar-refractivity contribution in [2.75, 3.05) is 18.8 Å². The number of nitrogens with zero attached hydrogens (tertiary/aromatic N) is 5. The lowest BCUT2D eigenvalue weighted by Gasteiger charge is -2.13. The summed E-state index contributed by atoms with van der Waals surface area (Å²) in [6, 6.07) is 8.03. The quantitative estimate of drug-likeness (QED) is 0.603. The fraction of sp³-hybridized carbons (Fsp3) is 0.316. The number of hydrogen-bond donors (Lipinski definition) is 1. The summed E-state index contributed by atoms with van der Waals surface area (Å²) in [4.78, 5) is 17.5. The van der Waals surface area contributed by atoms with Gasteiger partial charge in [0, 0.05) is 13.2 Å². The highest BCUT2D eigenvalue weighted by Gasteiger charge is 2.20. The molecular weight excluding hydrogens is 344 g/mol. The molecule has 0 amide bonds. The number of aromatic nitrogens is 4. The number of hydrogen-bond acceptors (Lipinski definition) is 6. The summed E-state index contributed by atoms with van der Waals surface area (Å²) in [7, 11) is 2.08. The molecule has 4 aromatic heterocycles. The number of thiophene rings is 1. The fourth-order valence-corrected chi connectivity index (χ4v) is 4.87. The highest BCUT2D eigenvalue weighted by Crippen LogP contribution is 2.37. The Morgan fingerprint density at radius 2 is 2.04 bits per heavy atom. The Kier molecular flexibility index (Phi) is 3.65. The van der Waals surface area contributed by atoms with Crippen molar-refractivity contribution < 1.29 is 0 Å². The molecule has 0 aromatic carbocycles. The van der Waals surface area contributed by atoms with E-state index >= 15 is 0 Å². The van der Waals surface area contributed by atoms with E-state index in [2.05, 4.69) is 32.5 Å². The molecule has 0 saturated carbocycles. The van der Waals surface area contributed by atoms with Gasteiger partial charge >= 0.3 is 0 Å². The second kappa shape index (κ2) is 6.03. The number of nitrogens with two attached hydrogens (primary N) is 1. The van der Waals surface area contributed by atoms with E-state index < -0.39 is 0 Å². The van der Waals surface area contributed by atoms with Crippen LogP contribution in [0.25, 0.3) is 31.8 Å². The molecule has 132 valence electrons. The van der Waals surface area contributed by atoms with Crippen molar-refractivity contribution in [3.05, 3.63) is 36.3 Å². The van der Waals surface area contributed by atoms with Crippen LogP contribution in [0.2, 0.25) is 0 Å². The zero-order chi connectivity index (χ0) is 17.7. The lowest BCUT2D eigenvalue weighted by atomic mass is 10.2. The van der Waals surface area contributed by atoms with Crippen molar-refractivity contribution in [3.63, 3.8) is 0 Å². The Labute approximate surface area is 155 Å². The zero-order valence-corrected chi connectivity index (χ0v) is 15.5.